The predicted molar refractivity (Wildman–Crippen MR) is 80.4 cm³/mol. The Morgan fingerprint density at radius 2 is 1.95 bits per heavy atom. The summed E-state index contributed by atoms with van der Waals surface area (Å²) < 4.78 is 18.9. The van der Waals surface area contributed by atoms with Crippen LogP contribution in [0.15, 0.2) is 54.9 Å². The zero-order valence-corrected chi connectivity index (χ0v) is 11.4. The van der Waals surface area contributed by atoms with E-state index in [0.29, 0.717) is 12.1 Å². The van der Waals surface area contributed by atoms with E-state index in [9.17, 15) is 4.39 Å². The van der Waals surface area contributed by atoms with Gasteiger partial charge in [0.15, 0.2) is 0 Å². The summed E-state index contributed by atoms with van der Waals surface area (Å²) in [5.41, 5.74) is 7.50. The molecule has 4 heteroatoms. The van der Waals surface area contributed by atoms with Crippen LogP contribution in [-0.2, 0) is 13.2 Å². The molecule has 3 nitrogen and oxygen atoms in total. The Labute approximate surface area is 122 Å². The number of nitrogens with two attached hydrogens (primary N) is 1. The highest BCUT2D eigenvalue weighted by Gasteiger charge is 2.08. The van der Waals surface area contributed by atoms with Crippen molar-refractivity contribution in [3.8, 4) is 5.75 Å². The van der Waals surface area contributed by atoms with Gasteiger partial charge < -0.3 is 10.5 Å². The van der Waals surface area contributed by atoms with Gasteiger partial charge in [-0.1, -0.05) is 30.3 Å². The maximum absolute atomic E-state index is 13.1. The largest absolute Gasteiger partial charge is 0.488 e. The number of benzene rings is 2. The zero-order valence-electron chi connectivity index (χ0n) is 11.4. The lowest BCUT2D eigenvalue weighted by molar-refractivity contribution is 0.302. The van der Waals surface area contributed by atoms with Crippen molar-refractivity contribution in [1.82, 2.24) is 4.98 Å². The highest BCUT2D eigenvalue weighted by molar-refractivity contribution is 5.87. The molecule has 0 bridgehead atoms. The molecule has 0 atom stereocenters. The van der Waals surface area contributed by atoms with Crippen LogP contribution in [0.5, 0.6) is 5.75 Å². The van der Waals surface area contributed by atoms with Crippen molar-refractivity contribution in [3.63, 3.8) is 0 Å². The molecule has 0 saturated carbocycles. The lowest BCUT2D eigenvalue weighted by Gasteiger charge is -2.13. The van der Waals surface area contributed by atoms with Crippen molar-refractivity contribution in [1.29, 1.82) is 0 Å². The molecule has 0 aliphatic heterocycles. The lowest BCUT2D eigenvalue weighted by atomic mass is 10.0. The predicted octanol–water partition coefficient (Wildman–Crippen LogP) is 3.41. The van der Waals surface area contributed by atoms with Gasteiger partial charge in [0.2, 0.25) is 0 Å². The van der Waals surface area contributed by atoms with Crippen LogP contribution in [0.2, 0.25) is 0 Å². The van der Waals surface area contributed by atoms with E-state index in [1.807, 2.05) is 36.4 Å². The number of fused-ring (bicyclic) bond motifs is 1. The Morgan fingerprint density at radius 3 is 2.76 bits per heavy atom. The quantitative estimate of drug-likeness (QED) is 0.797. The fraction of sp³-hybridized carbons (Fsp3) is 0.118. The smallest absolute Gasteiger partial charge is 0.141 e. The molecule has 2 N–H and O–H groups in total. The first kappa shape index (κ1) is 13.5. The second-order valence-corrected chi connectivity index (χ2v) is 4.77. The number of ether oxygens (including phenoxy) is 1. The second-order valence-electron chi connectivity index (χ2n) is 4.77. The summed E-state index contributed by atoms with van der Waals surface area (Å²) in [5.74, 6) is 0.356. The Hall–Kier alpha value is -2.46. The Kier molecular flexibility index (Phi) is 3.79. The second kappa shape index (κ2) is 5.89. The van der Waals surface area contributed by atoms with E-state index in [2.05, 4.69) is 4.98 Å². The molecule has 0 aliphatic carbocycles. The van der Waals surface area contributed by atoms with Crippen LogP contribution >= 0.6 is 0 Å². The minimum Gasteiger partial charge on any atom is -0.488 e. The van der Waals surface area contributed by atoms with Gasteiger partial charge in [0.05, 0.1) is 6.20 Å². The topological polar surface area (TPSA) is 48.1 Å². The molecular formula is C17H15FN2O. The molecular weight excluding hydrogens is 267 g/mol. The molecule has 0 aliphatic rings. The van der Waals surface area contributed by atoms with Crippen molar-refractivity contribution >= 4 is 10.8 Å². The van der Waals surface area contributed by atoms with E-state index < -0.39 is 0 Å². The van der Waals surface area contributed by atoms with Crippen molar-refractivity contribution < 1.29 is 9.13 Å². The highest BCUT2D eigenvalue weighted by atomic mass is 19.1. The summed E-state index contributed by atoms with van der Waals surface area (Å²) in [4.78, 5) is 3.81. The minimum atomic E-state index is -0.367. The summed E-state index contributed by atoms with van der Waals surface area (Å²) >= 11 is 0. The third kappa shape index (κ3) is 2.85. The molecule has 1 aromatic heterocycles. The van der Waals surface area contributed by atoms with Crippen molar-refractivity contribution in [2.24, 2.45) is 5.73 Å². The lowest BCUT2D eigenvalue weighted by Crippen LogP contribution is -2.04. The molecule has 0 spiro atoms. The van der Waals surface area contributed by atoms with Crippen LogP contribution < -0.4 is 10.5 Å². The molecule has 0 unspecified atom stereocenters. The zero-order chi connectivity index (χ0) is 14.7. The minimum absolute atomic E-state index is 0.260. The summed E-state index contributed by atoms with van der Waals surface area (Å²) in [6, 6.07) is 13.3. The highest BCUT2D eigenvalue weighted by Crippen LogP contribution is 2.28. The van der Waals surface area contributed by atoms with Crippen LogP contribution in [0.25, 0.3) is 10.8 Å². The van der Waals surface area contributed by atoms with Crippen LogP contribution in [-0.4, -0.2) is 4.98 Å². The van der Waals surface area contributed by atoms with E-state index in [-0.39, 0.29) is 12.4 Å². The van der Waals surface area contributed by atoms with Crippen molar-refractivity contribution in [3.05, 3.63) is 71.8 Å². The summed E-state index contributed by atoms with van der Waals surface area (Å²) in [7, 11) is 0. The van der Waals surface area contributed by atoms with Crippen molar-refractivity contribution in [2.45, 2.75) is 13.2 Å². The molecule has 3 aromatic rings. The molecule has 106 valence electrons. The van der Waals surface area contributed by atoms with Gasteiger partial charge in [-0.25, -0.2) is 4.39 Å². The first-order valence-electron chi connectivity index (χ1n) is 6.71. The SMILES string of the molecule is NCc1c(OCc2cncc(F)c2)ccc2ccccc12. The van der Waals surface area contributed by atoms with E-state index >= 15 is 0 Å². The van der Waals surface area contributed by atoms with Gasteiger partial charge in [-0.15, -0.1) is 0 Å². The molecule has 3 rings (SSSR count). The molecule has 0 saturated heterocycles. The molecule has 0 radical (unpaired) electrons. The third-order valence-electron chi connectivity index (χ3n) is 3.36. The van der Waals surface area contributed by atoms with Gasteiger partial charge in [-0.2, -0.15) is 0 Å². The average Bonchev–Trinajstić information content (AvgIpc) is 2.52. The Bertz CT molecular complexity index is 774. The van der Waals surface area contributed by atoms with E-state index in [0.717, 1.165) is 22.1 Å². The third-order valence-corrected chi connectivity index (χ3v) is 3.36. The van der Waals surface area contributed by atoms with Crippen LogP contribution in [0, 0.1) is 5.82 Å². The average molecular weight is 282 g/mol. The van der Waals surface area contributed by atoms with E-state index in [4.69, 9.17) is 10.5 Å². The van der Waals surface area contributed by atoms with Gasteiger partial charge in [0.1, 0.15) is 18.2 Å². The fourth-order valence-corrected chi connectivity index (χ4v) is 2.36. The number of halogens is 1. The number of aromatic nitrogens is 1. The van der Waals surface area contributed by atoms with Gasteiger partial charge in [-0.05, 0) is 22.9 Å². The maximum atomic E-state index is 13.1. The number of nitrogens with zero attached hydrogens (tertiary/aromatic N) is 1. The molecule has 21 heavy (non-hydrogen) atoms. The molecule has 1 heterocycles. The number of rotatable bonds is 4. The summed E-state index contributed by atoms with van der Waals surface area (Å²) in [5, 5.41) is 2.20. The van der Waals surface area contributed by atoms with Gasteiger partial charge in [-0.3, -0.25) is 4.98 Å². The molecule has 0 fully saturated rings. The maximum Gasteiger partial charge on any atom is 0.141 e. The monoisotopic (exact) mass is 282 g/mol. The number of hydrogen-bond acceptors (Lipinski definition) is 3. The normalized spacial score (nSPS) is 10.8. The Balaban J connectivity index is 1.90. The number of pyridine rings is 1. The fourth-order valence-electron chi connectivity index (χ4n) is 2.36. The van der Waals surface area contributed by atoms with Crippen LogP contribution in [0.1, 0.15) is 11.1 Å². The van der Waals surface area contributed by atoms with E-state index in [1.54, 1.807) is 6.20 Å². The molecule has 0 amide bonds. The summed E-state index contributed by atoms with van der Waals surface area (Å²) in [6.45, 7) is 0.647. The van der Waals surface area contributed by atoms with Crippen LogP contribution in [0.4, 0.5) is 4.39 Å². The van der Waals surface area contributed by atoms with Gasteiger partial charge in [0, 0.05) is 23.9 Å². The first-order valence-corrected chi connectivity index (χ1v) is 6.71. The van der Waals surface area contributed by atoms with E-state index in [1.165, 1.54) is 12.3 Å². The van der Waals surface area contributed by atoms with Crippen molar-refractivity contribution in [2.75, 3.05) is 0 Å². The van der Waals surface area contributed by atoms with Gasteiger partial charge >= 0.3 is 0 Å². The summed E-state index contributed by atoms with van der Waals surface area (Å²) in [6.07, 6.45) is 2.76. The van der Waals surface area contributed by atoms with Crippen LogP contribution in [0.3, 0.4) is 0 Å². The Morgan fingerprint density at radius 1 is 1.10 bits per heavy atom. The van der Waals surface area contributed by atoms with Gasteiger partial charge in [0.25, 0.3) is 0 Å². The first-order chi connectivity index (χ1) is 10.3. The standard InChI is InChI=1S/C17H15FN2O/c18-14-7-12(9-20-10-14)11-21-17-6-5-13-3-1-2-4-15(13)16(17)8-19/h1-7,9-10H,8,11,19H2. The molecule has 2 aromatic carbocycles. The number of hydrogen-bond donors (Lipinski definition) is 1.